The van der Waals surface area contributed by atoms with Gasteiger partial charge in [-0.15, -0.1) is 0 Å². The molecule has 0 saturated carbocycles. The third kappa shape index (κ3) is 4.88. The third-order valence-corrected chi connectivity index (χ3v) is 4.16. The molecule has 106 valence electrons. The Hall–Kier alpha value is -0.420. The Labute approximate surface area is 127 Å². The van der Waals surface area contributed by atoms with Crippen LogP contribution in [0.25, 0.3) is 0 Å². The number of benzene rings is 1. The van der Waals surface area contributed by atoms with E-state index in [4.69, 9.17) is 23.2 Å². The van der Waals surface area contributed by atoms with E-state index in [9.17, 15) is 9.90 Å². The van der Waals surface area contributed by atoms with Gasteiger partial charge in [-0.1, -0.05) is 36.2 Å². The lowest BCUT2D eigenvalue weighted by atomic mass is 10.1. The maximum Gasteiger partial charge on any atom is 0.223 e. The van der Waals surface area contributed by atoms with Crippen LogP contribution in [0.4, 0.5) is 0 Å². The molecule has 3 nitrogen and oxygen atoms in total. The molecule has 0 unspecified atom stereocenters. The van der Waals surface area contributed by atoms with E-state index < -0.39 is 6.10 Å². The number of amides is 1. The fourth-order valence-electron chi connectivity index (χ4n) is 1.63. The minimum atomic E-state index is -0.911. The second kappa shape index (κ2) is 8.00. The lowest BCUT2D eigenvalue weighted by Crippen LogP contribution is -2.33. The van der Waals surface area contributed by atoms with Crippen molar-refractivity contribution in [3.05, 3.63) is 33.8 Å². The second-order valence-corrected chi connectivity index (χ2v) is 5.98. The summed E-state index contributed by atoms with van der Waals surface area (Å²) < 4.78 is 0. The lowest BCUT2D eigenvalue weighted by molar-refractivity contribution is -0.124. The van der Waals surface area contributed by atoms with Gasteiger partial charge < -0.3 is 10.4 Å². The number of carbonyl (C=O) groups is 1. The number of aliphatic hydroxyl groups excluding tert-OH is 1. The zero-order chi connectivity index (χ0) is 14.4. The van der Waals surface area contributed by atoms with E-state index in [1.54, 1.807) is 30.0 Å². The molecule has 0 aliphatic heterocycles. The van der Waals surface area contributed by atoms with E-state index in [-0.39, 0.29) is 18.4 Å². The Kier molecular flexibility index (Phi) is 7.00. The maximum atomic E-state index is 11.7. The van der Waals surface area contributed by atoms with Crippen molar-refractivity contribution >= 4 is 40.9 Å². The average Bonchev–Trinajstić information content (AvgIpc) is 2.36. The Morgan fingerprint density at radius 2 is 2.00 bits per heavy atom. The quantitative estimate of drug-likeness (QED) is 0.846. The summed E-state index contributed by atoms with van der Waals surface area (Å²) in [5.41, 5.74) is 0.448. The van der Waals surface area contributed by atoms with Crippen LogP contribution in [0.2, 0.25) is 10.0 Å². The smallest absolute Gasteiger partial charge is 0.223 e. The summed E-state index contributed by atoms with van der Waals surface area (Å²) in [6.07, 6.45) is 1.04. The standard InChI is InChI=1S/C13H17Cl2NO2S/c1-8(7-19-2)13(18)16-6-11(17)12-9(14)4-3-5-10(12)15/h3-5,8,11,17H,6-7H2,1-2H3,(H,16,18)/t8-,11-/m0/s1. The van der Waals surface area contributed by atoms with Crippen molar-refractivity contribution < 1.29 is 9.90 Å². The van der Waals surface area contributed by atoms with Gasteiger partial charge in [0.05, 0.1) is 6.10 Å². The summed E-state index contributed by atoms with van der Waals surface area (Å²) in [7, 11) is 0. The average molecular weight is 322 g/mol. The molecule has 1 aromatic rings. The molecule has 0 bridgehead atoms. The van der Waals surface area contributed by atoms with Crippen molar-refractivity contribution in [2.75, 3.05) is 18.6 Å². The minimum absolute atomic E-state index is 0.0865. The highest BCUT2D eigenvalue weighted by molar-refractivity contribution is 7.98. The van der Waals surface area contributed by atoms with E-state index >= 15 is 0 Å². The topological polar surface area (TPSA) is 49.3 Å². The van der Waals surface area contributed by atoms with Crippen molar-refractivity contribution in [2.24, 2.45) is 5.92 Å². The van der Waals surface area contributed by atoms with Gasteiger partial charge in [0.15, 0.2) is 0 Å². The van der Waals surface area contributed by atoms with Crippen molar-refractivity contribution in [3.8, 4) is 0 Å². The van der Waals surface area contributed by atoms with Crippen LogP contribution < -0.4 is 5.32 Å². The van der Waals surface area contributed by atoms with Crippen molar-refractivity contribution in [2.45, 2.75) is 13.0 Å². The number of thioether (sulfide) groups is 1. The second-order valence-electron chi connectivity index (χ2n) is 4.25. The van der Waals surface area contributed by atoms with Gasteiger partial charge in [-0.05, 0) is 18.4 Å². The maximum absolute atomic E-state index is 11.7. The Morgan fingerprint density at radius 3 is 2.53 bits per heavy atom. The number of nitrogens with one attached hydrogen (secondary N) is 1. The predicted octanol–water partition coefficient (Wildman–Crippen LogP) is 3.14. The molecule has 2 N–H and O–H groups in total. The fourth-order valence-corrected chi connectivity index (χ4v) is 2.93. The monoisotopic (exact) mass is 321 g/mol. The van der Waals surface area contributed by atoms with E-state index in [1.807, 2.05) is 13.2 Å². The summed E-state index contributed by atoms with van der Waals surface area (Å²) in [5, 5.41) is 13.5. The number of carbonyl (C=O) groups excluding carboxylic acids is 1. The van der Waals surface area contributed by atoms with Gasteiger partial charge in [0, 0.05) is 33.8 Å². The molecule has 0 saturated heterocycles. The van der Waals surface area contributed by atoms with Crippen LogP contribution >= 0.6 is 35.0 Å². The van der Waals surface area contributed by atoms with Crippen molar-refractivity contribution in [1.82, 2.24) is 5.32 Å². The first-order valence-corrected chi connectivity index (χ1v) is 8.01. The molecule has 0 aliphatic rings. The van der Waals surface area contributed by atoms with Crippen LogP contribution in [0.15, 0.2) is 18.2 Å². The molecule has 1 aromatic carbocycles. The Morgan fingerprint density at radius 1 is 1.42 bits per heavy atom. The highest BCUT2D eigenvalue weighted by Gasteiger charge is 2.18. The summed E-state index contributed by atoms with van der Waals surface area (Å²) in [4.78, 5) is 11.7. The van der Waals surface area contributed by atoms with E-state index in [2.05, 4.69) is 5.32 Å². The number of halogens is 2. The molecular weight excluding hydrogens is 305 g/mol. The first-order valence-electron chi connectivity index (χ1n) is 5.86. The minimum Gasteiger partial charge on any atom is -0.386 e. The first kappa shape index (κ1) is 16.6. The van der Waals surface area contributed by atoms with Gasteiger partial charge in [0.1, 0.15) is 0 Å². The molecule has 0 aliphatic carbocycles. The molecule has 19 heavy (non-hydrogen) atoms. The van der Waals surface area contributed by atoms with Crippen LogP contribution in [0, 0.1) is 5.92 Å². The number of rotatable bonds is 6. The van der Waals surface area contributed by atoms with Gasteiger partial charge in [-0.3, -0.25) is 4.79 Å². The van der Waals surface area contributed by atoms with Crippen LogP contribution in [0.1, 0.15) is 18.6 Å². The van der Waals surface area contributed by atoms with Gasteiger partial charge in [-0.2, -0.15) is 11.8 Å². The number of hydrogen-bond donors (Lipinski definition) is 2. The fraction of sp³-hybridized carbons (Fsp3) is 0.462. The van der Waals surface area contributed by atoms with E-state index in [0.29, 0.717) is 15.6 Å². The largest absolute Gasteiger partial charge is 0.386 e. The van der Waals surface area contributed by atoms with Crippen LogP contribution in [-0.2, 0) is 4.79 Å². The number of hydrogen-bond acceptors (Lipinski definition) is 3. The van der Waals surface area contributed by atoms with E-state index in [0.717, 1.165) is 5.75 Å². The zero-order valence-electron chi connectivity index (χ0n) is 10.8. The SMILES string of the molecule is CSC[C@H](C)C(=O)NC[C@H](O)c1c(Cl)cccc1Cl. The molecule has 1 amide bonds. The van der Waals surface area contributed by atoms with Gasteiger partial charge >= 0.3 is 0 Å². The van der Waals surface area contributed by atoms with Crippen LogP contribution in [0.5, 0.6) is 0 Å². The first-order chi connectivity index (χ1) is 8.97. The molecule has 0 heterocycles. The van der Waals surface area contributed by atoms with Crippen molar-refractivity contribution in [1.29, 1.82) is 0 Å². The van der Waals surface area contributed by atoms with Crippen molar-refractivity contribution in [3.63, 3.8) is 0 Å². The highest BCUT2D eigenvalue weighted by Crippen LogP contribution is 2.29. The summed E-state index contributed by atoms with van der Waals surface area (Å²) in [5.74, 6) is 0.565. The van der Waals surface area contributed by atoms with Crippen LogP contribution in [0.3, 0.4) is 0 Å². The van der Waals surface area contributed by atoms with Gasteiger partial charge in [0.25, 0.3) is 0 Å². The lowest BCUT2D eigenvalue weighted by Gasteiger charge is -2.17. The molecular formula is C13H17Cl2NO2S. The van der Waals surface area contributed by atoms with Gasteiger partial charge in [0.2, 0.25) is 5.91 Å². The zero-order valence-corrected chi connectivity index (χ0v) is 13.1. The summed E-state index contributed by atoms with van der Waals surface area (Å²) in [6, 6.07) is 5.02. The summed E-state index contributed by atoms with van der Waals surface area (Å²) >= 11 is 13.6. The molecule has 0 radical (unpaired) electrons. The molecule has 2 atom stereocenters. The number of aliphatic hydroxyl groups is 1. The molecule has 1 rings (SSSR count). The molecule has 0 fully saturated rings. The van der Waals surface area contributed by atoms with E-state index in [1.165, 1.54) is 0 Å². The summed E-state index contributed by atoms with van der Waals surface area (Å²) in [6.45, 7) is 1.95. The Bertz CT molecular complexity index is 422. The molecule has 0 aromatic heterocycles. The predicted molar refractivity (Wildman–Crippen MR) is 82.0 cm³/mol. The normalized spacial score (nSPS) is 13.9. The van der Waals surface area contributed by atoms with Crippen LogP contribution in [-0.4, -0.2) is 29.6 Å². The third-order valence-electron chi connectivity index (χ3n) is 2.67. The Balaban J connectivity index is 2.61. The highest BCUT2D eigenvalue weighted by atomic mass is 35.5. The molecule has 0 spiro atoms. The van der Waals surface area contributed by atoms with Gasteiger partial charge in [-0.25, -0.2) is 0 Å². The molecule has 6 heteroatoms.